The lowest BCUT2D eigenvalue weighted by Gasteiger charge is -2.34. The number of urea groups is 1. The van der Waals surface area contributed by atoms with Gasteiger partial charge in [-0.3, -0.25) is 0 Å². The summed E-state index contributed by atoms with van der Waals surface area (Å²) in [6.45, 7) is 4.93. The molecular weight excluding hydrogens is 402 g/mol. The zero-order valence-corrected chi connectivity index (χ0v) is 18.4. The summed E-state index contributed by atoms with van der Waals surface area (Å²) in [7, 11) is 1.67. The van der Waals surface area contributed by atoms with Crippen LogP contribution in [-0.2, 0) is 0 Å². The van der Waals surface area contributed by atoms with Gasteiger partial charge in [-0.1, -0.05) is 11.6 Å². The molecule has 30 heavy (non-hydrogen) atoms. The van der Waals surface area contributed by atoms with Gasteiger partial charge in [-0.25, -0.2) is 4.79 Å². The number of hydrogen-bond donors (Lipinski definition) is 2. The highest BCUT2D eigenvalue weighted by molar-refractivity contribution is 6.30. The van der Waals surface area contributed by atoms with Gasteiger partial charge in [0.05, 0.1) is 13.7 Å². The predicted molar refractivity (Wildman–Crippen MR) is 121 cm³/mol. The van der Waals surface area contributed by atoms with Crippen molar-refractivity contribution in [2.75, 3.05) is 38.3 Å². The van der Waals surface area contributed by atoms with Gasteiger partial charge in [0.25, 0.3) is 0 Å². The van der Waals surface area contributed by atoms with Crippen molar-refractivity contribution >= 4 is 23.3 Å². The molecule has 0 aromatic heterocycles. The average molecular weight is 432 g/mol. The second-order valence-electron chi connectivity index (χ2n) is 7.47. The molecule has 0 atom stereocenters. The van der Waals surface area contributed by atoms with Crippen molar-refractivity contribution < 1.29 is 14.3 Å². The molecule has 2 amide bonds. The van der Waals surface area contributed by atoms with E-state index >= 15 is 0 Å². The summed E-state index contributed by atoms with van der Waals surface area (Å²) in [5.74, 6) is 1.69. The van der Waals surface area contributed by atoms with Gasteiger partial charge < -0.3 is 25.0 Å². The molecule has 1 aliphatic rings. The molecule has 0 bridgehead atoms. The summed E-state index contributed by atoms with van der Waals surface area (Å²) in [5, 5.41) is 6.70. The van der Waals surface area contributed by atoms with Crippen molar-refractivity contribution in [2.24, 2.45) is 0 Å². The Kier molecular flexibility index (Phi) is 8.08. The minimum atomic E-state index is -0.111. The number of carbonyl (C=O) groups is 1. The van der Waals surface area contributed by atoms with E-state index in [0.717, 1.165) is 49.4 Å². The van der Waals surface area contributed by atoms with E-state index in [4.69, 9.17) is 21.1 Å². The minimum absolute atomic E-state index is 0.111. The Hall–Kier alpha value is -2.60. The van der Waals surface area contributed by atoms with Crippen LogP contribution in [0, 0.1) is 6.92 Å². The Morgan fingerprint density at radius 3 is 2.57 bits per heavy atom. The number of aryl methyl sites for hydroxylation is 1. The van der Waals surface area contributed by atoms with Gasteiger partial charge in [0, 0.05) is 36.4 Å². The third-order valence-electron chi connectivity index (χ3n) is 5.27. The van der Waals surface area contributed by atoms with Crippen molar-refractivity contribution in [3.8, 4) is 11.5 Å². The molecule has 162 valence electrons. The molecule has 0 saturated carbocycles. The molecule has 1 aliphatic heterocycles. The number of anilines is 1. The zero-order chi connectivity index (χ0) is 21.3. The Morgan fingerprint density at radius 1 is 1.17 bits per heavy atom. The lowest BCUT2D eigenvalue weighted by molar-refractivity contribution is 0.232. The number of halogens is 1. The predicted octanol–water partition coefficient (Wildman–Crippen LogP) is 4.39. The Balaban J connectivity index is 1.30. The van der Waals surface area contributed by atoms with Gasteiger partial charge in [-0.2, -0.15) is 0 Å². The Morgan fingerprint density at radius 2 is 1.90 bits per heavy atom. The molecule has 0 spiro atoms. The standard InChI is InChI=1S/C23H30ClN3O3/c1-17-16-18(24)4-9-22(17)30-15-3-12-25-23(28)26-19-10-13-27(14-11-19)20-5-7-21(29-2)8-6-20/h4-9,16,19H,3,10-15H2,1-2H3,(H2,25,26,28). The third kappa shape index (κ3) is 6.46. The smallest absolute Gasteiger partial charge is 0.315 e. The molecule has 0 radical (unpaired) electrons. The summed E-state index contributed by atoms with van der Waals surface area (Å²) in [6.07, 6.45) is 2.60. The number of carbonyl (C=O) groups excluding carboxylic acids is 1. The molecule has 6 nitrogen and oxygen atoms in total. The van der Waals surface area contributed by atoms with Crippen LogP contribution in [0.4, 0.5) is 10.5 Å². The number of hydrogen-bond acceptors (Lipinski definition) is 4. The number of ether oxygens (including phenoxy) is 2. The monoisotopic (exact) mass is 431 g/mol. The van der Waals surface area contributed by atoms with Gasteiger partial charge in [0.15, 0.2) is 0 Å². The van der Waals surface area contributed by atoms with E-state index in [9.17, 15) is 4.79 Å². The summed E-state index contributed by atoms with van der Waals surface area (Å²) in [6, 6.07) is 13.8. The Bertz CT molecular complexity index is 821. The fraction of sp³-hybridized carbons (Fsp3) is 0.435. The number of rotatable bonds is 8. The first-order valence-electron chi connectivity index (χ1n) is 10.4. The molecule has 7 heteroatoms. The first-order valence-corrected chi connectivity index (χ1v) is 10.8. The molecule has 1 fully saturated rings. The highest BCUT2D eigenvalue weighted by atomic mass is 35.5. The molecule has 1 saturated heterocycles. The van der Waals surface area contributed by atoms with Gasteiger partial charge in [-0.05, 0) is 74.2 Å². The first-order chi connectivity index (χ1) is 14.5. The lowest BCUT2D eigenvalue weighted by Crippen LogP contribution is -2.48. The SMILES string of the molecule is COc1ccc(N2CCC(NC(=O)NCCCOc3ccc(Cl)cc3C)CC2)cc1. The highest BCUT2D eigenvalue weighted by Crippen LogP contribution is 2.23. The number of benzene rings is 2. The van der Waals surface area contributed by atoms with Crippen LogP contribution in [0.25, 0.3) is 0 Å². The zero-order valence-electron chi connectivity index (χ0n) is 17.6. The second-order valence-corrected chi connectivity index (χ2v) is 7.91. The van der Waals surface area contributed by atoms with E-state index in [1.54, 1.807) is 7.11 Å². The van der Waals surface area contributed by atoms with E-state index in [2.05, 4.69) is 27.7 Å². The van der Waals surface area contributed by atoms with Crippen LogP contribution in [0.3, 0.4) is 0 Å². The number of nitrogens with one attached hydrogen (secondary N) is 2. The van der Waals surface area contributed by atoms with Crippen LogP contribution in [0.5, 0.6) is 11.5 Å². The maximum Gasteiger partial charge on any atom is 0.315 e. The maximum atomic E-state index is 12.2. The fourth-order valence-corrected chi connectivity index (χ4v) is 3.77. The number of piperidine rings is 1. The van der Waals surface area contributed by atoms with Crippen LogP contribution in [0.2, 0.25) is 5.02 Å². The van der Waals surface area contributed by atoms with Crippen molar-refractivity contribution in [1.82, 2.24) is 10.6 Å². The Labute approximate surface area is 183 Å². The average Bonchev–Trinajstić information content (AvgIpc) is 2.75. The molecule has 3 rings (SSSR count). The molecule has 2 aromatic rings. The molecule has 0 unspecified atom stereocenters. The van der Waals surface area contributed by atoms with Crippen molar-refractivity contribution in [1.29, 1.82) is 0 Å². The third-order valence-corrected chi connectivity index (χ3v) is 5.50. The van der Waals surface area contributed by atoms with E-state index in [1.807, 2.05) is 37.3 Å². The van der Waals surface area contributed by atoms with E-state index in [-0.39, 0.29) is 12.1 Å². The van der Waals surface area contributed by atoms with Gasteiger partial charge in [0.2, 0.25) is 0 Å². The van der Waals surface area contributed by atoms with E-state index < -0.39 is 0 Å². The van der Waals surface area contributed by atoms with Crippen LogP contribution in [0.1, 0.15) is 24.8 Å². The first kappa shape index (κ1) is 22.1. The quantitative estimate of drug-likeness (QED) is 0.608. The topological polar surface area (TPSA) is 62.8 Å². The van der Waals surface area contributed by atoms with Gasteiger partial charge in [0.1, 0.15) is 11.5 Å². The van der Waals surface area contributed by atoms with Crippen molar-refractivity contribution in [2.45, 2.75) is 32.2 Å². The molecule has 2 N–H and O–H groups in total. The highest BCUT2D eigenvalue weighted by Gasteiger charge is 2.20. The van der Waals surface area contributed by atoms with E-state index in [1.165, 1.54) is 5.69 Å². The summed E-state index contributed by atoms with van der Waals surface area (Å²) < 4.78 is 11.0. The summed E-state index contributed by atoms with van der Waals surface area (Å²) in [4.78, 5) is 14.5. The minimum Gasteiger partial charge on any atom is -0.497 e. The fourth-order valence-electron chi connectivity index (χ4n) is 3.54. The maximum absolute atomic E-state index is 12.2. The number of amides is 2. The molecule has 0 aliphatic carbocycles. The van der Waals surface area contributed by atoms with Crippen LogP contribution >= 0.6 is 11.6 Å². The van der Waals surface area contributed by atoms with Crippen molar-refractivity contribution in [3.63, 3.8) is 0 Å². The van der Waals surface area contributed by atoms with Gasteiger partial charge in [-0.15, -0.1) is 0 Å². The summed E-state index contributed by atoms with van der Waals surface area (Å²) in [5.41, 5.74) is 2.20. The summed E-state index contributed by atoms with van der Waals surface area (Å²) >= 11 is 5.95. The molecule has 1 heterocycles. The van der Waals surface area contributed by atoms with Crippen molar-refractivity contribution in [3.05, 3.63) is 53.1 Å². The van der Waals surface area contributed by atoms with Gasteiger partial charge >= 0.3 is 6.03 Å². The molecule has 2 aromatic carbocycles. The number of methoxy groups -OCH3 is 1. The normalized spacial score (nSPS) is 14.3. The lowest BCUT2D eigenvalue weighted by atomic mass is 10.0. The largest absolute Gasteiger partial charge is 0.497 e. The van der Waals surface area contributed by atoms with Crippen LogP contribution in [0.15, 0.2) is 42.5 Å². The second kappa shape index (κ2) is 11.0. The number of nitrogens with zero attached hydrogens (tertiary/aromatic N) is 1. The molecular formula is C23H30ClN3O3. The van der Waals surface area contributed by atoms with Crippen LogP contribution < -0.4 is 25.0 Å². The van der Waals surface area contributed by atoms with E-state index in [0.29, 0.717) is 18.2 Å². The van der Waals surface area contributed by atoms with Crippen LogP contribution in [-0.4, -0.2) is 45.4 Å².